The molecule has 2 amide bonds. The Morgan fingerprint density at radius 3 is 2.53 bits per heavy atom. The molecule has 0 saturated carbocycles. The maximum atomic E-state index is 12.7. The third kappa shape index (κ3) is 5.40. The van der Waals surface area contributed by atoms with E-state index >= 15 is 0 Å². The first-order valence-electron chi connectivity index (χ1n) is 10.9. The van der Waals surface area contributed by atoms with E-state index in [9.17, 15) is 14.4 Å². The van der Waals surface area contributed by atoms with Gasteiger partial charge >= 0.3 is 5.97 Å². The fourth-order valence-corrected chi connectivity index (χ4v) is 4.92. The third-order valence-electron chi connectivity index (χ3n) is 5.35. The van der Waals surface area contributed by atoms with Gasteiger partial charge in [-0.2, -0.15) is 0 Å². The largest absolute Gasteiger partial charge is 0.462 e. The van der Waals surface area contributed by atoms with Crippen LogP contribution < -0.4 is 20.9 Å². The Kier molecular flexibility index (Phi) is 8.10. The molecule has 3 N–H and O–H groups in total. The summed E-state index contributed by atoms with van der Waals surface area (Å²) in [7, 11) is 1.52. The molecule has 32 heavy (non-hydrogen) atoms. The Balaban J connectivity index is 1.74. The van der Waals surface area contributed by atoms with Gasteiger partial charge in [0.05, 0.1) is 35.0 Å². The Morgan fingerprint density at radius 1 is 1.12 bits per heavy atom. The van der Waals surface area contributed by atoms with Gasteiger partial charge in [-0.1, -0.05) is 12.1 Å². The van der Waals surface area contributed by atoms with E-state index < -0.39 is 5.97 Å². The van der Waals surface area contributed by atoms with Crippen molar-refractivity contribution in [1.82, 2.24) is 5.32 Å². The number of para-hydroxylation sites is 2. The summed E-state index contributed by atoms with van der Waals surface area (Å²) in [5.74, 6) is -1.18. The van der Waals surface area contributed by atoms with Crippen LogP contribution in [-0.2, 0) is 9.53 Å². The number of esters is 1. The number of carbonyl (C=O) groups is 3. The van der Waals surface area contributed by atoms with Crippen molar-refractivity contribution in [2.24, 2.45) is 0 Å². The summed E-state index contributed by atoms with van der Waals surface area (Å²) < 4.78 is 5.13. The van der Waals surface area contributed by atoms with Crippen molar-refractivity contribution in [1.29, 1.82) is 0 Å². The molecule has 3 rings (SSSR count). The van der Waals surface area contributed by atoms with Gasteiger partial charge in [-0.05, 0) is 50.8 Å². The zero-order valence-corrected chi connectivity index (χ0v) is 19.6. The lowest BCUT2D eigenvalue weighted by Crippen LogP contribution is -2.30. The highest BCUT2D eigenvalue weighted by Gasteiger charge is 2.26. The van der Waals surface area contributed by atoms with Crippen LogP contribution in [0.2, 0.25) is 0 Å². The minimum Gasteiger partial charge on any atom is -0.462 e. The highest BCUT2D eigenvalue weighted by Crippen LogP contribution is 2.34. The van der Waals surface area contributed by atoms with Crippen LogP contribution in [-0.4, -0.2) is 51.1 Å². The lowest BCUT2D eigenvalue weighted by Gasteiger charge is -2.30. The van der Waals surface area contributed by atoms with E-state index in [1.165, 1.54) is 13.5 Å². The van der Waals surface area contributed by atoms with Crippen molar-refractivity contribution >= 4 is 45.5 Å². The summed E-state index contributed by atoms with van der Waals surface area (Å²) in [6.45, 7) is 5.62. The summed E-state index contributed by atoms with van der Waals surface area (Å²) >= 11 is 1.07. The van der Waals surface area contributed by atoms with Gasteiger partial charge in [0.25, 0.3) is 5.91 Å². The topological polar surface area (TPSA) is 99.8 Å². The average molecular weight is 459 g/mol. The first kappa shape index (κ1) is 23.6. The Morgan fingerprint density at radius 2 is 1.84 bits per heavy atom. The van der Waals surface area contributed by atoms with Gasteiger partial charge in [0, 0.05) is 20.1 Å². The molecule has 1 fully saturated rings. The second-order valence-corrected chi connectivity index (χ2v) is 8.55. The molecule has 0 bridgehead atoms. The van der Waals surface area contributed by atoms with Crippen LogP contribution in [0.1, 0.15) is 51.8 Å². The molecule has 1 aromatic heterocycles. The summed E-state index contributed by atoms with van der Waals surface area (Å²) in [6, 6.07) is 7.95. The van der Waals surface area contributed by atoms with E-state index in [2.05, 4.69) is 26.9 Å². The molecule has 172 valence electrons. The maximum Gasteiger partial charge on any atom is 0.341 e. The summed E-state index contributed by atoms with van der Waals surface area (Å²) in [6.07, 6.45) is 3.57. The van der Waals surface area contributed by atoms with Gasteiger partial charge in [-0.15, -0.1) is 11.3 Å². The monoisotopic (exact) mass is 458 g/mol. The van der Waals surface area contributed by atoms with Crippen molar-refractivity contribution in [3.8, 4) is 0 Å². The van der Waals surface area contributed by atoms with E-state index in [0.29, 0.717) is 15.4 Å². The zero-order chi connectivity index (χ0) is 23.1. The normalized spacial score (nSPS) is 13.4. The predicted molar refractivity (Wildman–Crippen MR) is 128 cm³/mol. The molecule has 0 radical (unpaired) electrons. The molecular formula is C23H30N4O4S. The lowest BCUT2D eigenvalue weighted by atomic mass is 10.1. The second-order valence-electron chi connectivity index (χ2n) is 7.53. The molecule has 0 atom stereocenters. The van der Waals surface area contributed by atoms with Crippen LogP contribution in [0, 0.1) is 6.92 Å². The molecule has 0 spiro atoms. The van der Waals surface area contributed by atoms with Crippen LogP contribution in [0.5, 0.6) is 0 Å². The Hall–Kier alpha value is -3.07. The highest BCUT2D eigenvalue weighted by atomic mass is 32.1. The molecule has 9 heteroatoms. The van der Waals surface area contributed by atoms with Gasteiger partial charge in [0.1, 0.15) is 5.00 Å². The number of nitrogens with one attached hydrogen (secondary N) is 3. The molecular weight excluding hydrogens is 428 g/mol. The number of hydrogen-bond acceptors (Lipinski definition) is 7. The van der Waals surface area contributed by atoms with E-state index in [0.717, 1.165) is 48.6 Å². The first-order chi connectivity index (χ1) is 15.5. The number of amides is 2. The average Bonchev–Trinajstić information content (AvgIpc) is 3.13. The van der Waals surface area contributed by atoms with Gasteiger partial charge in [0.2, 0.25) is 5.91 Å². The number of thiophene rings is 1. The van der Waals surface area contributed by atoms with E-state index in [1.807, 2.05) is 18.2 Å². The molecule has 1 saturated heterocycles. The number of hydrogen-bond donors (Lipinski definition) is 3. The van der Waals surface area contributed by atoms with Crippen LogP contribution in [0.25, 0.3) is 0 Å². The number of anilines is 3. The molecule has 1 aliphatic rings. The van der Waals surface area contributed by atoms with Gasteiger partial charge in [0.15, 0.2) is 0 Å². The maximum absolute atomic E-state index is 12.7. The molecule has 2 aromatic rings. The van der Waals surface area contributed by atoms with Crippen molar-refractivity contribution in [3.63, 3.8) is 0 Å². The van der Waals surface area contributed by atoms with E-state index in [1.54, 1.807) is 13.8 Å². The Labute approximate surface area is 192 Å². The number of piperidine rings is 1. The summed E-state index contributed by atoms with van der Waals surface area (Å²) in [5, 5.41) is 8.87. The summed E-state index contributed by atoms with van der Waals surface area (Å²) in [4.78, 5) is 40.1. The molecule has 1 aromatic carbocycles. The number of rotatable bonds is 8. The van der Waals surface area contributed by atoms with Gasteiger partial charge in [-0.25, -0.2) is 4.79 Å². The van der Waals surface area contributed by atoms with Crippen LogP contribution in [0.15, 0.2) is 24.3 Å². The number of ether oxygens (including phenoxy) is 1. The standard InChI is InChI=1S/C23H30N4O4S/c1-4-31-23(30)19-15(2)20(21(29)24-3)32-22(19)26-18(28)14-25-16-10-6-7-11-17(16)27-12-8-5-9-13-27/h6-7,10-11,25H,4-5,8-9,12-14H2,1-3H3,(H,24,29)(H,26,28). The van der Waals surface area contributed by atoms with Crippen molar-refractivity contribution < 1.29 is 19.1 Å². The van der Waals surface area contributed by atoms with Crippen molar-refractivity contribution in [2.75, 3.05) is 48.8 Å². The van der Waals surface area contributed by atoms with Gasteiger partial charge < -0.3 is 25.6 Å². The molecule has 1 aliphatic heterocycles. The number of carbonyl (C=O) groups excluding carboxylic acids is 3. The first-order valence-corrected chi connectivity index (χ1v) is 11.7. The minimum atomic E-state index is -0.560. The molecule has 2 heterocycles. The minimum absolute atomic E-state index is 0.0272. The zero-order valence-electron chi connectivity index (χ0n) is 18.7. The van der Waals surface area contributed by atoms with E-state index in [4.69, 9.17) is 4.74 Å². The SMILES string of the molecule is CCOC(=O)c1c(NC(=O)CNc2ccccc2N2CCCCC2)sc(C(=O)NC)c1C. The number of benzene rings is 1. The van der Waals surface area contributed by atoms with Gasteiger partial charge in [-0.3, -0.25) is 9.59 Å². The van der Waals surface area contributed by atoms with Crippen LogP contribution in [0.3, 0.4) is 0 Å². The fourth-order valence-electron chi connectivity index (χ4n) is 3.76. The Bertz CT molecular complexity index is 982. The fraction of sp³-hybridized carbons (Fsp3) is 0.435. The number of nitrogens with zero attached hydrogens (tertiary/aromatic N) is 1. The molecule has 8 nitrogen and oxygen atoms in total. The second kappa shape index (κ2) is 11.0. The van der Waals surface area contributed by atoms with Crippen LogP contribution in [0.4, 0.5) is 16.4 Å². The molecule has 0 unspecified atom stereocenters. The quantitative estimate of drug-likeness (QED) is 0.523. The summed E-state index contributed by atoms with van der Waals surface area (Å²) in [5.41, 5.74) is 2.69. The van der Waals surface area contributed by atoms with Crippen molar-refractivity contribution in [3.05, 3.63) is 40.3 Å². The third-order valence-corrected chi connectivity index (χ3v) is 6.56. The predicted octanol–water partition coefficient (Wildman–Crippen LogP) is 3.63. The van der Waals surface area contributed by atoms with Crippen LogP contribution >= 0.6 is 11.3 Å². The van der Waals surface area contributed by atoms with Crippen molar-refractivity contribution in [2.45, 2.75) is 33.1 Å². The highest BCUT2D eigenvalue weighted by molar-refractivity contribution is 7.18. The smallest absolute Gasteiger partial charge is 0.341 e. The molecule has 0 aliphatic carbocycles. The lowest BCUT2D eigenvalue weighted by molar-refractivity contribution is -0.114. The van der Waals surface area contributed by atoms with E-state index in [-0.39, 0.29) is 30.5 Å².